The molecular formula is C17H27N3O3. The van der Waals surface area contributed by atoms with Crippen LogP contribution in [0.1, 0.15) is 54.7 Å². The van der Waals surface area contributed by atoms with Crippen LogP contribution in [0.5, 0.6) is 0 Å². The van der Waals surface area contributed by atoms with Crippen LogP contribution in [0.3, 0.4) is 0 Å². The quantitative estimate of drug-likeness (QED) is 0.712. The first-order valence-corrected chi connectivity index (χ1v) is 8.18. The molecule has 0 aliphatic heterocycles. The van der Waals surface area contributed by atoms with E-state index in [-0.39, 0.29) is 29.9 Å². The third-order valence-electron chi connectivity index (χ3n) is 5.43. The number of ether oxygens (including phenoxy) is 1. The second-order valence-electron chi connectivity index (χ2n) is 6.39. The van der Waals surface area contributed by atoms with Crippen molar-refractivity contribution in [2.24, 2.45) is 11.1 Å². The minimum atomic E-state index is -0.458. The molecule has 0 radical (unpaired) electrons. The fraction of sp³-hybridized carbons (Fsp3) is 0.647. The average molecular weight is 321 g/mol. The summed E-state index contributed by atoms with van der Waals surface area (Å²) in [6, 6.07) is 0.0886. The van der Waals surface area contributed by atoms with E-state index in [4.69, 9.17) is 10.5 Å². The number of hydrogen-bond donors (Lipinski definition) is 3. The van der Waals surface area contributed by atoms with Gasteiger partial charge in [0.25, 0.3) is 5.91 Å². The van der Waals surface area contributed by atoms with Gasteiger partial charge in [-0.05, 0) is 31.7 Å². The fourth-order valence-electron chi connectivity index (χ4n) is 3.92. The van der Waals surface area contributed by atoms with E-state index in [1.807, 2.05) is 6.92 Å². The molecule has 1 aromatic heterocycles. The van der Waals surface area contributed by atoms with Crippen LogP contribution in [-0.4, -0.2) is 36.1 Å². The summed E-state index contributed by atoms with van der Waals surface area (Å²) in [5.74, 6) is -0.605. The Balaban J connectivity index is 2.17. The van der Waals surface area contributed by atoms with E-state index >= 15 is 0 Å². The molecule has 0 aromatic carbocycles. The van der Waals surface area contributed by atoms with Crippen molar-refractivity contribution in [2.75, 3.05) is 7.11 Å². The standard InChI is InChI=1S/C17H27N3O3/c1-5-17(6-2)12(8-13(17)23-4)20-16(22)15-10(3)9-19-11(15)7-14(18)21/h9,12-13,19H,5-8H2,1-4H3,(H2,18,21)(H,20,22). The Bertz CT molecular complexity index is 590. The van der Waals surface area contributed by atoms with E-state index < -0.39 is 5.91 Å². The Labute approximate surface area is 137 Å². The Morgan fingerprint density at radius 3 is 2.61 bits per heavy atom. The molecule has 1 aromatic rings. The molecule has 0 saturated heterocycles. The normalized spacial score (nSPS) is 22.4. The van der Waals surface area contributed by atoms with Crippen LogP contribution >= 0.6 is 0 Å². The monoisotopic (exact) mass is 321 g/mol. The van der Waals surface area contributed by atoms with Crippen LogP contribution in [0.4, 0.5) is 0 Å². The predicted molar refractivity (Wildman–Crippen MR) is 88.1 cm³/mol. The zero-order chi connectivity index (χ0) is 17.2. The molecule has 0 bridgehead atoms. The van der Waals surface area contributed by atoms with Gasteiger partial charge in [0.15, 0.2) is 0 Å². The van der Waals surface area contributed by atoms with Gasteiger partial charge in [0.1, 0.15) is 0 Å². The molecule has 6 nitrogen and oxygen atoms in total. The highest BCUT2D eigenvalue weighted by Gasteiger charge is 2.53. The van der Waals surface area contributed by atoms with Crippen LogP contribution in [0, 0.1) is 12.3 Å². The molecule has 6 heteroatoms. The number of carbonyl (C=O) groups is 2. The summed E-state index contributed by atoms with van der Waals surface area (Å²) in [5.41, 5.74) is 7.17. The highest BCUT2D eigenvalue weighted by Crippen LogP contribution is 2.48. The van der Waals surface area contributed by atoms with E-state index in [1.54, 1.807) is 13.3 Å². The second kappa shape index (κ2) is 6.74. The zero-order valence-corrected chi connectivity index (χ0v) is 14.4. The summed E-state index contributed by atoms with van der Waals surface area (Å²) >= 11 is 0. The molecule has 1 saturated carbocycles. The molecular weight excluding hydrogens is 294 g/mol. The highest BCUT2D eigenvalue weighted by molar-refractivity contribution is 5.98. The van der Waals surface area contributed by atoms with E-state index in [0.717, 1.165) is 24.8 Å². The SMILES string of the molecule is CCC1(CC)C(NC(=O)c2c(C)c[nH]c2CC(N)=O)CC1OC. The summed E-state index contributed by atoms with van der Waals surface area (Å²) in [6.07, 6.45) is 4.67. The van der Waals surface area contributed by atoms with Gasteiger partial charge in [0.05, 0.1) is 18.1 Å². The lowest BCUT2D eigenvalue weighted by atomic mass is 9.58. The van der Waals surface area contributed by atoms with Crippen molar-refractivity contribution in [3.8, 4) is 0 Å². The average Bonchev–Trinajstić information content (AvgIpc) is 2.84. The highest BCUT2D eigenvalue weighted by atomic mass is 16.5. The zero-order valence-electron chi connectivity index (χ0n) is 14.4. The minimum Gasteiger partial charge on any atom is -0.381 e. The Kier molecular flexibility index (Phi) is 5.14. The van der Waals surface area contributed by atoms with Gasteiger partial charge in [-0.15, -0.1) is 0 Å². The third kappa shape index (κ3) is 3.00. The third-order valence-corrected chi connectivity index (χ3v) is 5.43. The molecule has 2 amide bonds. The number of nitrogens with one attached hydrogen (secondary N) is 2. The van der Waals surface area contributed by atoms with Crippen LogP contribution in [0.15, 0.2) is 6.20 Å². The van der Waals surface area contributed by atoms with Crippen LogP contribution in [0.25, 0.3) is 0 Å². The van der Waals surface area contributed by atoms with Crippen molar-refractivity contribution < 1.29 is 14.3 Å². The molecule has 1 heterocycles. The molecule has 4 N–H and O–H groups in total. The lowest BCUT2D eigenvalue weighted by Crippen LogP contribution is -2.64. The maximum atomic E-state index is 12.7. The van der Waals surface area contributed by atoms with E-state index in [9.17, 15) is 9.59 Å². The number of primary amides is 1. The first-order valence-electron chi connectivity index (χ1n) is 8.18. The lowest BCUT2D eigenvalue weighted by molar-refractivity contribution is -0.120. The van der Waals surface area contributed by atoms with Crippen molar-refractivity contribution in [2.45, 2.75) is 58.6 Å². The Morgan fingerprint density at radius 2 is 2.09 bits per heavy atom. The predicted octanol–water partition coefficient (Wildman–Crippen LogP) is 1.67. The largest absolute Gasteiger partial charge is 0.381 e. The van der Waals surface area contributed by atoms with E-state index in [0.29, 0.717) is 11.3 Å². The summed E-state index contributed by atoms with van der Waals surface area (Å²) in [6.45, 7) is 6.11. The van der Waals surface area contributed by atoms with Gasteiger partial charge in [0, 0.05) is 30.5 Å². The van der Waals surface area contributed by atoms with Crippen molar-refractivity contribution in [3.63, 3.8) is 0 Å². The lowest BCUT2D eigenvalue weighted by Gasteiger charge is -2.55. The number of nitrogens with two attached hydrogens (primary N) is 1. The maximum Gasteiger partial charge on any atom is 0.253 e. The molecule has 1 aliphatic rings. The number of amides is 2. The van der Waals surface area contributed by atoms with E-state index in [2.05, 4.69) is 24.1 Å². The second-order valence-corrected chi connectivity index (χ2v) is 6.39. The Morgan fingerprint density at radius 1 is 1.43 bits per heavy atom. The van der Waals surface area contributed by atoms with Gasteiger partial charge < -0.3 is 20.8 Å². The van der Waals surface area contributed by atoms with Crippen LogP contribution < -0.4 is 11.1 Å². The van der Waals surface area contributed by atoms with Crippen molar-refractivity contribution >= 4 is 11.8 Å². The number of aromatic nitrogens is 1. The molecule has 2 unspecified atom stereocenters. The molecule has 1 fully saturated rings. The summed E-state index contributed by atoms with van der Waals surface area (Å²) in [7, 11) is 1.73. The first kappa shape index (κ1) is 17.5. The van der Waals surface area contributed by atoms with Gasteiger partial charge >= 0.3 is 0 Å². The topological polar surface area (TPSA) is 97.2 Å². The molecule has 1 aliphatic carbocycles. The number of methoxy groups -OCH3 is 1. The van der Waals surface area contributed by atoms with Gasteiger partial charge in [0.2, 0.25) is 5.91 Å². The number of carbonyl (C=O) groups excluding carboxylic acids is 2. The smallest absolute Gasteiger partial charge is 0.253 e. The van der Waals surface area contributed by atoms with Gasteiger partial charge in [-0.25, -0.2) is 0 Å². The van der Waals surface area contributed by atoms with Gasteiger partial charge in [-0.1, -0.05) is 13.8 Å². The van der Waals surface area contributed by atoms with E-state index in [1.165, 1.54) is 0 Å². The van der Waals surface area contributed by atoms with Crippen LogP contribution in [-0.2, 0) is 16.0 Å². The summed E-state index contributed by atoms with van der Waals surface area (Å²) in [4.78, 5) is 26.9. The van der Waals surface area contributed by atoms with Gasteiger partial charge in [-0.3, -0.25) is 9.59 Å². The van der Waals surface area contributed by atoms with Crippen molar-refractivity contribution in [1.82, 2.24) is 10.3 Å². The number of rotatable bonds is 7. The summed E-state index contributed by atoms with van der Waals surface area (Å²) < 4.78 is 5.57. The number of aromatic amines is 1. The molecule has 2 atom stereocenters. The summed E-state index contributed by atoms with van der Waals surface area (Å²) in [5, 5.41) is 3.14. The fourth-order valence-corrected chi connectivity index (χ4v) is 3.92. The first-order chi connectivity index (χ1) is 10.9. The Hall–Kier alpha value is -1.82. The molecule has 23 heavy (non-hydrogen) atoms. The van der Waals surface area contributed by atoms with Crippen molar-refractivity contribution in [1.29, 1.82) is 0 Å². The number of hydrogen-bond acceptors (Lipinski definition) is 3. The minimum absolute atomic E-state index is 0.0154. The maximum absolute atomic E-state index is 12.7. The molecule has 128 valence electrons. The van der Waals surface area contributed by atoms with Crippen LogP contribution in [0.2, 0.25) is 0 Å². The number of H-pyrrole nitrogens is 1. The number of aryl methyl sites for hydroxylation is 1. The molecule has 0 spiro atoms. The molecule has 2 rings (SSSR count). The van der Waals surface area contributed by atoms with Crippen molar-refractivity contribution in [3.05, 3.63) is 23.0 Å². The van der Waals surface area contributed by atoms with Gasteiger partial charge in [-0.2, -0.15) is 0 Å².